The van der Waals surface area contributed by atoms with Crippen molar-refractivity contribution in [2.45, 2.75) is 12.5 Å². The van der Waals surface area contributed by atoms with Gasteiger partial charge >= 0.3 is 5.97 Å². The summed E-state index contributed by atoms with van der Waals surface area (Å²) in [5.41, 5.74) is 7.35. The normalized spacial score (nSPS) is 15.9. The van der Waals surface area contributed by atoms with Gasteiger partial charge in [0.25, 0.3) is 5.91 Å². The zero-order valence-corrected chi connectivity index (χ0v) is 17.7. The highest BCUT2D eigenvalue weighted by Crippen LogP contribution is 2.31. The minimum absolute atomic E-state index is 0.233. The average Bonchev–Trinajstić information content (AvgIpc) is 3.01. The van der Waals surface area contributed by atoms with Crippen molar-refractivity contribution >= 4 is 57.9 Å². The second kappa shape index (κ2) is 9.41. The Morgan fingerprint density at radius 3 is 2.55 bits per heavy atom. The third kappa shape index (κ3) is 5.57. The number of hydrogen-bond donors (Lipinski definition) is 2. The van der Waals surface area contributed by atoms with Gasteiger partial charge in [0.2, 0.25) is 0 Å². The molecule has 1 amide bonds. The quantitative estimate of drug-likeness (QED) is 0.396. The van der Waals surface area contributed by atoms with Crippen LogP contribution in [0.5, 0.6) is 11.5 Å². The van der Waals surface area contributed by atoms with Crippen LogP contribution in [0, 0.1) is 0 Å². The Bertz CT molecular complexity index is 992. The SMILES string of the molecule is COC(=O)[C@@H](N)Cc1ccc(Oc2ccc(/C=C3\SC(=S)NC3=O)c(Cl)c2)cc1. The van der Waals surface area contributed by atoms with Crippen LogP contribution in [0.1, 0.15) is 11.1 Å². The first-order chi connectivity index (χ1) is 13.9. The molecule has 1 fully saturated rings. The largest absolute Gasteiger partial charge is 0.468 e. The standard InChI is InChI=1S/C20H17ClN2O4S2/c1-26-19(25)16(22)8-11-2-5-13(6-3-11)27-14-7-4-12(15(21)10-14)9-17-18(24)23-20(28)29-17/h2-7,9-10,16H,8,22H2,1H3,(H,23,24,28)/b17-9-/t16-/m0/s1. The van der Waals surface area contributed by atoms with Crippen LogP contribution in [0.2, 0.25) is 5.02 Å². The zero-order chi connectivity index (χ0) is 21.0. The molecule has 3 rings (SSSR count). The number of thiocarbonyl (C=S) groups is 1. The van der Waals surface area contributed by atoms with E-state index in [-0.39, 0.29) is 5.91 Å². The number of halogens is 1. The predicted octanol–water partition coefficient (Wildman–Crippen LogP) is 3.66. The zero-order valence-electron chi connectivity index (χ0n) is 15.3. The average molecular weight is 449 g/mol. The lowest BCUT2D eigenvalue weighted by Crippen LogP contribution is -2.33. The summed E-state index contributed by atoms with van der Waals surface area (Å²) in [4.78, 5) is 23.7. The highest BCUT2D eigenvalue weighted by atomic mass is 35.5. The van der Waals surface area contributed by atoms with Crippen LogP contribution in [0.4, 0.5) is 0 Å². The summed E-state index contributed by atoms with van der Waals surface area (Å²) in [6.07, 6.45) is 2.06. The molecule has 2 aromatic carbocycles. The lowest BCUT2D eigenvalue weighted by Gasteiger charge is -2.11. The number of thioether (sulfide) groups is 1. The molecule has 0 saturated carbocycles. The summed E-state index contributed by atoms with van der Waals surface area (Å²) in [5, 5.41) is 3.01. The van der Waals surface area contributed by atoms with Gasteiger partial charge in [-0.1, -0.05) is 47.7 Å². The fraction of sp³-hybridized carbons (Fsp3) is 0.150. The van der Waals surface area contributed by atoms with E-state index in [1.165, 1.54) is 18.9 Å². The van der Waals surface area contributed by atoms with Crippen LogP contribution in [-0.2, 0) is 20.7 Å². The number of benzene rings is 2. The first-order valence-corrected chi connectivity index (χ1v) is 10.1. The van der Waals surface area contributed by atoms with Gasteiger partial charge in [0.1, 0.15) is 21.9 Å². The van der Waals surface area contributed by atoms with Gasteiger partial charge in [-0.05, 0) is 54.0 Å². The molecule has 3 N–H and O–H groups in total. The number of nitrogens with one attached hydrogen (secondary N) is 1. The van der Waals surface area contributed by atoms with Gasteiger partial charge in [-0.25, -0.2) is 0 Å². The van der Waals surface area contributed by atoms with Crippen molar-refractivity contribution < 1.29 is 19.1 Å². The first-order valence-electron chi connectivity index (χ1n) is 8.50. The van der Waals surface area contributed by atoms with Crippen LogP contribution in [0.15, 0.2) is 47.4 Å². The Labute approximate surface area is 182 Å². The number of ether oxygens (including phenoxy) is 2. The fourth-order valence-corrected chi connectivity index (χ4v) is 3.83. The molecule has 0 aliphatic carbocycles. The van der Waals surface area contributed by atoms with Crippen molar-refractivity contribution in [3.05, 3.63) is 63.5 Å². The summed E-state index contributed by atoms with van der Waals surface area (Å²) in [5.74, 6) is 0.475. The van der Waals surface area contributed by atoms with Crippen LogP contribution in [0.3, 0.4) is 0 Å². The first kappa shape index (κ1) is 21.3. The van der Waals surface area contributed by atoms with Crippen LogP contribution >= 0.6 is 35.6 Å². The van der Waals surface area contributed by atoms with Gasteiger partial charge in [0.05, 0.1) is 17.0 Å². The molecular formula is C20H17ClN2O4S2. The number of carbonyl (C=O) groups excluding carboxylic acids is 2. The fourth-order valence-electron chi connectivity index (χ4n) is 2.57. The van der Waals surface area contributed by atoms with Crippen molar-refractivity contribution in [3.63, 3.8) is 0 Å². The van der Waals surface area contributed by atoms with Crippen LogP contribution < -0.4 is 15.8 Å². The van der Waals surface area contributed by atoms with E-state index < -0.39 is 12.0 Å². The monoisotopic (exact) mass is 448 g/mol. The molecule has 29 heavy (non-hydrogen) atoms. The van der Waals surface area contributed by atoms with E-state index in [1.807, 2.05) is 12.1 Å². The summed E-state index contributed by atoms with van der Waals surface area (Å²) in [6, 6.07) is 11.7. The number of carbonyl (C=O) groups is 2. The Kier molecular flexibility index (Phi) is 6.92. The van der Waals surface area contributed by atoms with Crippen molar-refractivity contribution in [1.29, 1.82) is 0 Å². The van der Waals surface area contributed by atoms with E-state index in [0.717, 1.165) is 5.56 Å². The van der Waals surface area contributed by atoms with E-state index in [9.17, 15) is 9.59 Å². The maximum Gasteiger partial charge on any atom is 0.322 e. The molecule has 1 aliphatic rings. The van der Waals surface area contributed by atoms with Crippen LogP contribution in [0.25, 0.3) is 6.08 Å². The Morgan fingerprint density at radius 2 is 1.97 bits per heavy atom. The van der Waals surface area contributed by atoms with Gasteiger partial charge in [0, 0.05) is 0 Å². The maximum absolute atomic E-state index is 11.8. The third-order valence-electron chi connectivity index (χ3n) is 4.02. The van der Waals surface area contributed by atoms with Crippen molar-refractivity contribution in [2.24, 2.45) is 5.73 Å². The predicted molar refractivity (Wildman–Crippen MR) is 118 cm³/mol. The summed E-state index contributed by atoms with van der Waals surface area (Å²) < 4.78 is 10.9. The van der Waals surface area contributed by atoms with E-state index in [2.05, 4.69) is 10.1 Å². The molecule has 0 unspecified atom stereocenters. The van der Waals surface area contributed by atoms with E-state index >= 15 is 0 Å². The Hall–Kier alpha value is -2.39. The smallest absolute Gasteiger partial charge is 0.322 e. The van der Waals surface area contributed by atoms with Crippen molar-refractivity contribution in [1.82, 2.24) is 5.32 Å². The lowest BCUT2D eigenvalue weighted by molar-refractivity contribution is -0.142. The molecule has 6 nitrogen and oxygen atoms in total. The summed E-state index contributed by atoms with van der Waals surface area (Å²) in [7, 11) is 1.31. The minimum Gasteiger partial charge on any atom is -0.468 e. The molecule has 1 atom stereocenters. The highest BCUT2D eigenvalue weighted by Gasteiger charge is 2.22. The Morgan fingerprint density at radius 1 is 1.28 bits per heavy atom. The number of hydrogen-bond acceptors (Lipinski definition) is 7. The molecule has 0 aromatic heterocycles. The molecule has 1 heterocycles. The van der Waals surface area contributed by atoms with Crippen molar-refractivity contribution in [2.75, 3.05) is 7.11 Å². The summed E-state index contributed by atoms with van der Waals surface area (Å²) in [6.45, 7) is 0. The number of rotatable bonds is 6. The molecule has 0 bridgehead atoms. The van der Waals surface area contributed by atoms with Gasteiger partial charge < -0.3 is 20.5 Å². The molecule has 2 aromatic rings. The van der Waals surface area contributed by atoms with E-state index in [0.29, 0.717) is 37.7 Å². The second-order valence-corrected chi connectivity index (χ2v) is 8.24. The molecule has 0 radical (unpaired) electrons. The third-order valence-corrected chi connectivity index (χ3v) is 5.51. The highest BCUT2D eigenvalue weighted by molar-refractivity contribution is 8.26. The molecule has 9 heteroatoms. The maximum atomic E-state index is 11.8. The Balaban J connectivity index is 1.67. The number of esters is 1. The second-order valence-electron chi connectivity index (χ2n) is 6.12. The molecule has 1 saturated heterocycles. The summed E-state index contributed by atoms with van der Waals surface area (Å²) >= 11 is 12.5. The number of methoxy groups -OCH3 is 1. The number of nitrogens with two attached hydrogens (primary N) is 1. The van der Waals surface area contributed by atoms with Crippen LogP contribution in [-0.4, -0.2) is 29.3 Å². The van der Waals surface area contributed by atoms with Gasteiger partial charge in [0.15, 0.2) is 0 Å². The molecular weight excluding hydrogens is 432 g/mol. The molecule has 1 aliphatic heterocycles. The number of amides is 1. The lowest BCUT2D eigenvalue weighted by atomic mass is 10.1. The molecule has 0 spiro atoms. The van der Waals surface area contributed by atoms with E-state index in [4.69, 9.17) is 34.3 Å². The van der Waals surface area contributed by atoms with Gasteiger partial charge in [-0.2, -0.15) is 0 Å². The van der Waals surface area contributed by atoms with E-state index in [1.54, 1.807) is 36.4 Å². The topological polar surface area (TPSA) is 90.7 Å². The van der Waals surface area contributed by atoms with Crippen molar-refractivity contribution in [3.8, 4) is 11.5 Å². The minimum atomic E-state index is -0.707. The van der Waals surface area contributed by atoms with Gasteiger partial charge in [-0.3, -0.25) is 9.59 Å². The molecule has 150 valence electrons. The van der Waals surface area contributed by atoms with Gasteiger partial charge in [-0.15, -0.1) is 0 Å².